The number of hydrogen-bond acceptors (Lipinski definition) is 5. The van der Waals surface area contributed by atoms with Gasteiger partial charge in [0, 0.05) is 5.56 Å². The zero-order valence-electron chi connectivity index (χ0n) is 12.8. The molecule has 0 fully saturated rings. The van der Waals surface area contributed by atoms with Gasteiger partial charge in [0.15, 0.2) is 5.76 Å². The van der Waals surface area contributed by atoms with Crippen LogP contribution in [0.3, 0.4) is 0 Å². The lowest BCUT2D eigenvalue weighted by molar-refractivity contribution is -0.137. The van der Waals surface area contributed by atoms with Crippen molar-refractivity contribution in [2.75, 3.05) is 10.9 Å². The van der Waals surface area contributed by atoms with Crippen molar-refractivity contribution >= 4 is 33.1 Å². The molecule has 124 valence electrons. The zero-order chi connectivity index (χ0) is 17.3. The highest BCUT2D eigenvalue weighted by Gasteiger charge is 2.42. The van der Waals surface area contributed by atoms with Crippen LogP contribution in [0.4, 0.5) is 11.4 Å². The van der Waals surface area contributed by atoms with E-state index < -0.39 is 26.7 Å². The van der Waals surface area contributed by atoms with Crippen LogP contribution in [0.15, 0.2) is 59.5 Å². The topological polar surface area (TPSA) is 83.9 Å². The Labute approximate surface area is 139 Å². The minimum absolute atomic E-state index is 0.00187. The summed E-state index contributed by atoms with van der Waals surface area (Å²) in [4.78, 5) is 11.4. The monoisotopic (exact) mass is 345 g/mol. The number of benzene rings is 2. The van der Waals surface area contributed by atoms with Crippen LogP contribution in [-0.4, -0.2) is 26.1 Å². The number of hydrogen-bond donors (Lipinski definition) is 1. The van der Waals surface area contributed by atoms with Crippen molar-refractivity contribution in [1.29, 1.82) is 0 Å². The molecule has 0 saturated heterocycles. The number of aliphatic hydroxyl groups is 1. The molecule has 0 bridgehead atoms. The lowest BCUT2D eigenvalue weighted by atomic mass is 10.1. The highest BCUT2D eigenvalue weighted by Crippen LogP contribution is 2.42. The fourth-order valence-electron chi connectivity index (χ4n) is 2.56. The van der Waals surface area contributed by atoms with Crippen LogP contribution < -0.4 is 4.31 Å². The molecule has 7 heteroatoms. The third kappa shape index (κ3) is 2.43. The molecule has 24 heavy (non-hydrogen) atoms. The number of ether oxygens (including phenoxy) is 1. The van der Waals surface area contributed by atoms with E-state index in [1.165, 1.54) is 0 Å². The van der Waals surface area contributed by atoms with Crippen molar-refractivity contribution in [2.24, 2.45) is 0 Å². The number of carbonyl (C=O) groups is 1. The number of esters is 1. The molecule has 0 aliphatic carbocycles. The molecule has 1 aliphatic rings. The van der Waals surface area contributed by atoms with Crippen LogP contribution in [0.5, 0.6) is 0 Å². The largest absolute Gasteiger partial charge is 0.506 e. The van der Waals surface area contributed by atoms with Gasteiger partial charge in [-0.3, -0.25) is 0 Å². The van der Waals surface area contributed by atoms with E-state index in [2.05, 4.69) is 0 Å². The van der Waals surface area contributed by atoms with Gasteiger partial charge in [-0.25, -0.2) is 17.5 Å². The lowest BCUT2D eigenvalue weighted by Crippen LogP contribution is -2.35. The van der Waals surface area contributed by atoms with Crippen LogP contribution in [0.2, 0.25) is 0 Å². The fourth-order valence-corrected chi connectivity index (χ4v) is 4.18. The quantitative estimate of drug-likeness (QED) is 0.865. The number of carbonyl (C=O) groups excluding carboxylic acids is 1. The molecule has 0 aromatic heterocycles. The molecule has 2 aromatic rings. The molecule has 1 aliphatic heterocycles. The van der Waals surface area contributed by atoms with Gasteiger partial charge in [0.05, 0.1) is 18.0 Å². The second-order valence-corrected chi connectivity index (χ2v) is 6.74. The first-order chi connectivity index (χ1) is 11.5. The second-order valence-electron chi connectivity index (χ2n) is 5.02. The van der Waals surface area contributed by atoms with E-state index >= 15 is 0 Å². The van der Waals surface area contributed by atoms with Gasteiger partial charge in [-0.15, -0.1) is 0 Å². The number of rotatable bonds is 3. The van der Waals surface area contributed by atoms with Gasteiger partial charge in [0.25, 0.3) is 10.0 Å². The summed E-state index contributed by atoms with van der Waals surface area (Å²) in [6, 6.07) is 14.8. The summed E-state index contributed by atoms with van der Waals surface area (Å²) in [5, 5.41) is 10.4. The Bertz CT molecular complexity index is 919. The maximum atomic E-state index is 13.0. The molecule has 0 radical (unpaired) electrons. The summed E-state index contributed by atoms with van der Waals surface area (Å²) in [5.74, 6) is -1.68. The number of anilines is 2. The third-order valence-corrected chi connectivity index (χ3v) is 5.31. The van der Waals surface area contributed by atoms with Crippen LogP contribution >= 0.6 is 0 Å². The summed E-state index contributed by atoms with van der Waals surface area (Å²) >= 11 is 0. The average Bonchev–Trinajstić information content (AvgIpc) is 2.55. The maximum Gasteiger partial charge on any atom is 0.355 e. The Hall–Kier alpha value is -2.80. The van der Waals surface area contributed by atoms with E-state index in [1.807, 2.05) is 0 Å². The molecule has 0 spiro atoms. The van der Waals surface area contributed by atoms with E-state index in [1.54, 1.807) is 61.5 Å². The minimum Gasteiger partial charge on any atom is -0.506 e. The minimum atomic E-state index is -4.31. The molecule has 2 aromatic carbocycles. The van der Waals surface area contributed by atoms with Crippen LogP contribution in [-0.2, 0) is 19.6 Å². The summed E-state index contributed by atoms with van der Waals surface area (Å²) in [7, 11) is -4.31. The van der Waals surface area contributed by atoms with Crippen molar-refractivity contribution in [3.8, 4) is 0 Å². The fraction of sp³-hybridized carbons (Fsp3) is 0.118. The van der Waals surface area contributed by atoms with Crippen LogP contribution in [0.25, 0.3) is 5.76 Å². The first-order valence-electron chi connectivity index (χ1n) is 7.28. The standard InChI is InChI=1S/C17H15NO5S/c1-2-23-17(20)16-15(19)13-10-6-7-11-14(13)18(24(16,21)22)12-8-4-3-5-9-12/h3-11,19H,2H2,1H3. The van der Waals surface area contributed by atoms with Gasteiger partial charge in [0.2, 0.25) is 4.91 Å². The number of fused-ring (bicyclic) bond motifs is 1. The first kappa shape index (κ1) is 16.1. The van der Waals surface area contributed by atoms with Crippen molar-refractivity contribution in [3.05, 3.63) is 65.1 Å². The average molecular weight is 345 g/mol. The van der Waals surface area contributed by atoms with Gasteiger partial charge >= 0.3 is 5.97 Å². The predicted octanol–water partition coefficient (Wildman–Crippen LogP) is 2.96. The summed E-state index contributed by atoms with van der Waals surface area (Å²) < 4.78 is 31.9. The van der Waals surface area contributed by atoms with E-state index in [9.17, 15) is 18.3 Å². The Morgan fingerprint density at radius 1 is 1.08 bits per heavy atom. The van der Waals surface area contributed by atoms with Crippen LogP contribution in [0, 0.1) is 0 Å². The van der Waals surface area contributed by atoms with Crippen LogP contribution in [0.1, 0.15) is 12.5 Å². The smallest absolute Gasteiger partial charge is 0.355 e. The van der Waals surface area contributed by atoms with Gasteiger partial charge in [-0.2, -0.15) is 0 Å². The normalized spacial score (nSPS) is 15.8. The molecule has 1 N–H and O–H groups in total. The summed E-state index contributed by atoms with van der Waals surface area (Å²) in [6.45, 7) is 1.56. The Morgan fingerprint density at radius 3 is 2.38 bits per heavy atom. The SMILES string of the molecule is CCOC(=O)C1=C(O)c2ccccc2N(c2ccccc2)S1(=O)=O. The van der Waals surface area contributed by atoms with E-state index in [-0.39, 0.29) is 17.9 Å². The van der Waals surface area contributed by atoms with E-state index in [4.69, 9.17) is 4.74 Å². The summed E-state index contributed by atoms with van der Waals surface area (Å²) in [6.07, 6.45) is 0. The number of nitrogens with zero attached hydrogens (tertiary/aromatic N) is 1. The van der Waals surface area contributed by atoms with E-state index in [0.717, 1.165) is 4.31 Å². The highest BCUT2D eigenvalue weighted by atomic mass is 32.2. The highest BCUT2D eigenvalue weighted by molar-refractivity contribution is 7.98. The molecule has 1 heterocycles. The van der Waals surface area contributed by atoms with Crippen molar-refractivity contribution in [1.82, 2.24) is 0 Å². The molecular weight excluding hydrogens is 330 g/mol. The molecule has 6 nitrogen and oxygen atoms in total. The Morgan fingerprint density at radius 2 is 1.71 bits per heavy atom. The molecule has 0 unspecified atom stereocenters. The van der Waals surface area contributed by atoms with Gasteiger partial charge in [-0.05, 0) is 31.2 Å². The van der Waals surface area contributed by atoms with E-state index in [0.29, 0.717) is 5.69 Å². The number of aliphatic hydroxyl groups excluding tert-OH is 1. The maximum absolute atomic E-state index is 13.0. The second kappa shape index (κ2) is 6.01. The van der Waals surface area contributed by atoms with Crippen molar-refractivity contribution in [3.63, 3.8) is 0 Å². The lowest BCUT2D eigenvalue weighted by Gasteiger charge is -2.31. The third-order valence-electron chi connectivity index (χ3n) is 3.54. The van der Waals surface area contributed by atoms with Crippen molar-refractivity contribution < 1.29 is 23.1 Å². The van der Waals surface area contributed by atoms with Gasteiger partial charge in [-0.1, -0.05) is 30.3 Å². The molecule has 0 atom stereocenters. The number of sulfonamides is 1. The molecule has 3 rings (SSSR count). The first-order valence-corrected chi connectivity index (χ1v) is 8.72. The summed E-state index contributed by atoms with van der Waals surface area (Å²) in [5.41, 5.74) is 0.882. The van der Waals surface area contributed by atoms with Gasteiger partial charge in [0.1, 0.15) is 0 Å². The number of para-hydroxylation sites is 2. The zero-order valence-corrected chi connectivity index (χ0v) is 13.7. The molecular formula is C17H15NO5S. The predicted molar refractivity (Wildman–Crippen MR) is 90.1 cm³/mol. The Balaban J connectivity index is 2.31. The van der Waals surface area contributed by atoms with Crippen molar-refractivity contribution in [2.45, 2.75) is 6.92 Å². The van der Waals surface area contributed by atoms with Gasteiger partial charge < -0.3 is 9.84 Å². The molecule has 0 amide bonds. The Kier molecular flexibility index (Phi) is 4.02. The molecule has 0 saturated carbocycles.